The highest BCUT2D eigenvalue weighted by molar-refractivity contribution is 8.10. The summed E-state index contributed by atoms with van der Waals surface area (Å²) in [7, 11) is -8.09. The van der Waals surface area contributed by atoms with Gasteiger partial charge in [-0.3, -0.25) is 0 Å². The van der Waals surface area contributed by atoms with Gasteiger partial charge in [0.15, 0.2) is 23.8 Å². The molecule has 0 aromatic heterocycles. The zero-order valence-electron chi connectivity index (χ0n) is 15.1. The maximum absolute atomic E-state index is 13.5. The first-order valence-corrected chi connectivity index (χ1v) is 11.8. The molecule has 2 aromatic carbocycles. The standard InChI is InChI=1S/C20H24O4S2/c1-16-6-10-18(11-7-16)25(21,22)20(14-4-3-5-15-20)26(23,24)19-12-8-17(2)9-13-19/h6-13H,3-5,14-15H2,1-2H3. The summed E-state index contributed by atoms with van der Waals surface area (Å²) in [4.78, 5) is 0.168. The molecule has 1 saturated carbocycles. The Hall–Kier alpha value is -1.66. The van der Waals surface area contributed by atoms with E-state index in [2.05, 4.69) is 0 Å². The second-order valence-corrected chi connectivity index (χ2v) is 11.9. The Balaban J connectivity index is 2.21. The number of aryl methyl sites for hydroxylation is 2. The van der Waals surface area contributed by atoms with E-state index in [0.29, 0.717) is 12.8 Å². The lowest BCUT2D eigenvalue weighted by Crippen LogP contribution is -2.47. The van der Waals surface area contributed by atoms with Gasteiger partial charge in [0.1, 0.15) is 0 Å². The van der Waals surface area contributed by atoms with E-state index in [4.69, 9.17) is 0 Å². The summed E-state index contributed by atoms with van der Waals surface area (Å²) < 4.78 is 52.3. The second-order valence-electron chi connectivity index (χ2n) is 7.10. The first kappa shape index (κ1) is 19.1. The molecule has 0 aliphatic heterocycles. The molecule has 0 amide bonds. The van der Waals surface area contributed by atoms with Gasteiger partial charge in [0.05, 0.1) is 9.79 Å². The van der Waals surface area contributed by atoms with Gasteiger partial charge >= 0.3 is 0 Å². The molecule has 6 heteroatoms. The van der Waals surface area contributed by atoms with Crippen molar-refractivity contribution in [2.75, 3.05) is 0 Å². The Morgan fingerprint density at radius 1 is 0.615 bits per heavy atom. The zero-order chi connectivity index (χ0) is 19.0. The minimum absolute atomic E-state index is 0.0840. The van der Waals surface area contributed by atoms with Crippen LogP contribution in [0.25, 0.3) is 0 Å². The van der Waals surface area contributed by atoms with E-state index in [1.807, 2.05) is 13.8 Å². The highest BCUT2D eigenvalue weighted by Gasteiger charge is 2.56. The quantitative estimate of drug-likeness (QED) is 0.781. The van der Waals surface area contributed by atoms with Crippen molar-refractivity contribution in [3.8, 4) is 0 Å². The molecule has 26 heavy (non-hydrogen) atoms. The molecule has 3 rings (SSSR count). The normalized spacial score (nSPS) is 17.8. The highest BCUT2D eigenvalue weighted by atomic mass is 32.3. The molecule has 0 heterocycles. The zero-order valence-corrected chi connectivity index (χ0v) is 16.7. The van der Waals surface area contributed by atoms with Gasteiger partial charge in [0.2, 0.25) is 0 Å². The fourth-order valence-corrected chi connectivity index (χ4v) is 8.87. The first-order valence-electron chi connectivity index (χ1n) is 8.83. The van der Waals surface area contributed by atoms with E-state index >= 15 is 0 Å². The van der Waals surface area contributed by atoms with Gasteiger partial charge in [0.25, 0.3) is 0 Å². The maximum Gasteiger partial charge on any atom is 0.198 e. The summed E-state index contributed by atoms with van der Waals surface area (Å²) in [6.45, 7) is 3.74. The van der Waals surface area contributed by atoms with Crippen molar-refractivity contribution in [2.24, 2.45) is 0 Å². The largest absolute Gasteiger partial charge is 0.222 e. The molecule has 0 saturated heterocycles. The van der Waals surface area contributed by atoms with Crippen LogP contribution in [-0.4, -0.2) is 20.9 Å². The highest BCUT2D eigenvalue weighted by Crippen LogP contribution is 2.45. The maximum atomic E-state index is 13.5. The van der Waals surface area contributed by atoms with Crippen LogP contribution in [0.3, 0.4) is 0 Å². The molecule has 0 spiro atoms. The SMILES string of the molecule is Cc1ccc(S(=O)(=O)C2(S(=O)(=O)c3ccc(C)cc3)CCCCC2)cc1. The average molecular weight is 393 g/mol. The molecule has 1 fully saturated rings. The van der Waals surface area contributed by atoms with Crippen LogP contribution in [0.5, 0.6) is 0 Å². The van der Waals surface area contributed by atoms with E-state index < -0.39 is 23.8 Å². The van der Waals surface area contributed by atoms with Crippen molar-refractivity contribution >= 4 is 19.7 Å². The lowest BCUT2D eigenvalue weighted by molar-refractivity contribution is 0.435. The van der Waals surface area contributed by atoms with Crippen LogP contribution in [-0.2, 0) is 19.7 Å². The Morgan fingerprint density at radius 3 is 1.31 bits per heavy atom. The minimum atomic E-state index is -4.04. The Bertz CT molecular complexity index is 903. The Kier molecular flexibility index (Phi) is 5.01. The molecule has 0 N–H and O–H groups in total. The molecule has 0 atom stereocenters. The second kappa shape index (κ2) is 6.82. The summed E-state index contributed by atoms with van der Waals surface area (Å²) in [5, 5.41) is 0. The summed E-state index contributed by atoms with van der Waals surface area (Å²) in [5.74, 6) is 0. The van der Waals surface area contributed by atoms with Crippen molar-refractivity contribution in [3.05, 3.63) is 59.7 Å². The monoisotopic (exact) mass is 392 g/mol. The average Bonchev–Trinajstić information content (AvgIpc) is 2.63. The third kappa shape index (κ3) is 2.99. The predicted molar refractivity (Wildman–Crippen MR) is 103 cm³/mol. The number of sulfone groups is 2. The molecule has 140 valence electrons. The van der Waals surface area contributed by atoms with E-state index in [1.165, 1.54) is 24.3 Å². The third-order valence-corrected chi connectivity index (χ3v) is 11.1. The molecule has 2 aromatic rings. The summed E-state index contributed by atoms with van der Waals surface area (Å²) in [6.07, 6.45) is 2.32. The molecular weight excluding hydrogens is 368 g/mol. The predicted octanol–water partition coefficient (Wildman–Crippen LogP) is 4.21. The fourth-order valence-electron chi connectivity index (χ4n) is 3.64. The Labute approximate surface area is 156 Å². The number of rotatable bonds is 4. The topological polar surface area (TPSA) is 68.3 Å². The molecule has 1 aliphatic carbocycles. The lowest BCUT2D eigenvalue weighted by atomic mass is 10.00. The van der Waals surface area contributed by atoms with Gasteiger partial charge < -0.3 is 0 Å². The third-order valence-electron chi connectivity index (χ3n) is 5.26. The smallest absolute Gasteiger partial charge is 0.198 e. The van der Waals surface area contributed by atoms with E-state index in [1.54, 1.807) is 24.3 Å². The summed E-state index contributed by atoms with van der Waals surface area (Å²) in [6, 6.07) is 12.9. The van der Waals surface area contributed by atoms with Crippen LogP contribution in [0.15, 0.2) is 58.3 Å². The van der Waals surface area contributed by atoms with E-state index in [9.17, 15) is 16.8 Å². The van der Waals surface area contributed by atoms with Crippen LogP contribution in [0, 0.1) is 13.8 Å². The molecular formula is C20H24O4S2. The first-order chi connectivity index (χ1) is 12.2. The van der Waals surface area contributed by atoms with Crippen molar-refractivity contribution < 1.29 is 16.8 Å². The van der Waals surface area contributed by atoms with E-state index in [0.717, 1.165) is 17.5 Å². The van der Waals surface area contributed by atoms with Crippen molar-refractivity contribution in [2.45, 2.75) is 59.8 Å². The fraction of sp³-hybridized carbons (Fsp3) is 0.400. The number of hydrogen-bond acceptors (Lipinski definition) is 4. The van der Waals surface area contributed by atoms with Gasteiger partial charge in [-0.2, -0.15) is 0 Å². The van der Waals surface area contributed by atoms with Crippen LogP contribution in [0.4, 0.5) is 0 Å². The number of benzene rings is 2. The van der Waals surface area contributed by atoms with Gasteiger partial charge in [-0.05, 0) is 51.0 Å². The van der Waals surface area contributed by atoms with Crippen molar-refractivity contribution in [3.63, 3.8) is 0 Å². The van der Waals surface area contributed by atoms with E-state index in [-0.39, 0.29) is 22.6 Å². The van der Waals surface area contributed by atoms with Crippen LogP contribution in [0.2, 0.25) is 0 Å². The molecule has 1 aliphatic rings. The number of hydrogen-bond donors (Lipinski definition) is 0. The van der Waals surface area contributed by atoms with Crippen molar-refractivity contribution in [1.29, 1.82) is 0 Å². The lowest BCUT2D eigenvalue weighted by Gasteiger charge is -2.36. The van der Waals surface area contributed by atoms with Gasteiger partial charge in [-0.25, -0.2) is 16.8 Å². The molecule has 0 radical (unpaired) electrons. The molecule has 4 nitrogen and oxygen atoms in total. The van der Waals surface area contributed by atoms with Crippen LogP contribution >= 0.6 is 0 Å². The minimum Gasteiger partial charge on any atom is -0.222 e. The van der Waals surface area contributed by atoms with Gasteiger partial charge in [0, 0.05) is 0 Å². The molecule has 0 unspecified atom stereocenters. The summed E-state index contributed by atoms with van der Waals surface area (Å²) >= 11 is 0. The van der Waals surface area contributed by atoms with Crippen LogP contribution in [0.1, 0.15) is 43.2 Å². The van der Waals surface area contributed by atoms with Crippen molar-refractivity contribution in [1.82, 2.24) is 0 Å². The van der Waals surface area contributed by atoms with Crippen LogP contribution < -0.4 is 0 Å². The summed E-state index contributed by atoms with van der Waals surface area (Å²) in [5.41, 5.74) is 1.87. The van der Waals surface area contributed by atoms with Gasteiger partial charge in [-0.15, -0.1) is 0 Å². The van der Waals surface area contributed by atoms with Gasteiger partial charge in [-0.1, -0.05) is 54.7 Å². The Morgan fingerprint density at radius 2 is 0.962 bits per heavy atom. The molecule has 0 bridgehead atoms.